The first kappa shape index (κ1) is 14.7. The van der Waals surface area contributed by atoms with Gasteiger partial charge in [0.25, 0.3) is 5.69 Å². The molecule has 2 N–H and O–H groups in total. The Morgan fingerprint density at radius 1 is 1.45 bits per heavy atom. The molecule has 5 nitrogen and oxygen atoms in total. The number of nitro groups is 1. The van der Waals surface area contributed by atoms with E-state index in [4.69, 9.17) is 5.73 Å². The molecule has 1 aliphatic carbocycles. The molecule has 0 heterocycles. The highest BCUT2D eigenvalue weighted by Gasteiger charge is 2.30. The van der Waals surface area contributed by atoms with Crippen molar-refractivity contribution in [2.45, 2.75) is 31.7 Å². The van der Waals surface area contributed by atoms with E-state index in [-0.39, 0.29) is 11.7 Å². The fourth-order valence-electron chi connectivity index (χ4n) is 3.09. The number of anilines is 1. The van der Waals surface area contributed by atoms with Crippen LogP contribution in [0, 0.1) is 21.8 Å². The van der Waals surface area contributed by atoms with Crippen LogP contribution in [-0.4, -0.2) is 24.6 Å². The van der Waals surface area contributed by atoms with Crippen molar-refractivity contribution >= 4 is 11.4 Å². The molecule has 0 radical (unpaired) electrons. The third kappa shape index (κ3) is 2.90. The maximum absolute atomic E-state index is 13.4. The van der Waals surface area contributed by atoms with Gasteiger partial charge in [0.05, 0.1) is 4.92 Å². The summed E-state index contributed by atoms with van der Waals surface area (Å²) in [7, 11) is 1.79. The topological polar surface area (TPSA) is 72.4 Å². The van der Waals surface area contributed by atoms with Crippen molar-refractivity contribution in [1.29, 1.82) is 0 Å². The number of nitrogens with zero attached hydrogens (tertiary/aromatic N) is 2. The van der Waals surface area contributed by atoms with Gasteiger partial charge >= 0.3 is 0 Å². The molecule has 2 rings (SSSR count). The summed E-state index contributed by atoms with van der Waals surface area (Å²) in [4.78, 5) is 12.5. The molecule has 1 aliphatic rings. The molecule has 1 aromatic carbocycles. The van der Waals surface area contributed by atoms with Gasteiger partial charge in [-0.2, -0.15) is 0 Å². The number of rotatable bonds is 4. The molecule has 0 amide bonds. The second-order valence-electron chi connectivity index (χ2n) is 5.35. The lowest BCUT2D eigenvalue weighted by molar-refractivity contribution is -0.384. The quantitative estimate of drug-likeness (QED) is 0.680. The zero-order valence-corrected chi connectivity index (χ0v) is 11.6. The smallest absolute Gasteiger partial charge is 0.292 e. The van der Waals surface area contributed by atoms with E-state index in [9.17, 15) is 14.5 Å². The highest BCUT2D eigenvalue weighted by Crippen LogP contribution is 2.35. The van der Waals surface area contributed by atoms with Crippen molar-refractivity contribution < 1.29 is 9.31 Å². The Morgan fingerprint density at radius 3 is 2.80 bits per heavy atom. The summed E-state index contributed by atoms with van der Waals surface area (Å²) < 4.78 is 13.4. The Kier molecular flexibility index (Phi) is 4.54. The summed E-state index contributed by atoms with van der Waals surface area (Å²) in [5, 5.41) is 11.1. The highest BCUT2D eigenvalue weighted by molar-refractivity contribution is 5.63. The SMILES string of the molecule is CN(c1cc(F)ccc1[N+](=O)[O-])C1CCCCC1CN. The lowest BCUT2D eigenvalue weighted by Crippen LogP contribution is -2.43. The van der Waals surface area contributed by atoms with Crippen LogP contribution in [0.2, 0.25) is 0 Å². The predicted molar refractivity (Wildman–Crippen MR) is 76.3 cm³/mol. The number of hydrogen-bond acceptors (Lipinski definition) is 4. The fourth-order valence-corrected chi connectivity index (χ4v) is 3.09. The maximum atomic E-state index is 13.4. The standard InChI is InChI=1S/C14H20FN3O2/c1-17(12-5-3-2-4-10(12)9-16)14-8-11(15)6-7-13(14)18(19)20/h6-8,10,12H,2-5,9,16H2,1H3. The molecule has 0 spiro atoms. The molecule has 20 heavy (non-hydrogen) atoms. The van der Waals surface area contributed by atoms with Crippen LogP contribution in [0.4, 0.5) is 15.8 Å². The average molecular weight is 281 g/mol. The van der Waals surface area contributed by atoms with Gasteiger partial charge in [-0.05, 0) is 31.4 Å². The monoisotopic (exact) mass is 281 g/mol. The molecule has 2 atom stereocenters. The van der Waals surface area contributed by atoms with Gasteiger partial charge in [-0.3, -0.25) is 10.1 Å². The van der Waals surface area contributed by atoms with Crippen molar-refractivity contribution in [3.05, 3.63) is 34.1 Å². The van der Waals surface area contributed by atoms with Crippen LogP contribution in [0.1, 0.15) is 25.7 Å². The van der Waals surface area contributed by atoms with Crippen molar-refractivity contribution in [3.8, 4) is 0 Å². The average Bonchev–Trinajstić information content (AvgIpc) is 2.46. The van der Waals surface area contributed by atoms with Crippen LogP contribution in [0.3, 0.4) is 0 Å². The summed E-state index contributed by atoms with van der Waals surface area (Å²) in [6, 6.07) is 3.72. The summed E-state index contributed by atoms with van der Waals surface area (Å²) in [6.45, 7) is 0.554. The minimum absolute atomic E-state index is 0.0600. The van der Waals surface area contributed by atoms with E-state index < -0.39 is 10.7 Å². The van der Waals surface area contributed by atoms with Crippen LogP contribution >= 0.6 is 0 Å². The van der Waals surface area contributed by atoms with Gasteiger partial charge in [0.1, 0.15) is 11.5 Å². The number of nitro benzene ring substituents is 1. The van der Waals surface area contributed by atoms with Gasteiger partial charge in [0.2, 0.25) is 0 Å². The second-order valence-corrected chi connectivity index (χ2v) is 5.35. The summed E-state index contributed by atoms with van der Waals surface area (Å²) in [5.41, 5.74) is 6.08. The lowest BCUT2D eigenvalue weighted by Gasteiger charge is -2.38. The third-order valence-electron chi connectivity index (χ3n) is 4.18. The summed E-state index contributed by atoms with van der Waals surface area (Å²) in [5.74, 6) is -0.158. The molecular formula is C14H20FN3O2. The Balaban J connectivity index is 2.33. The van der Waals surface area contributed by atoms with Crippen LogP contribution in [0.15, 0.2) is 18.2 Å². The molecule has 0 aromatic heterocycles. The zero-order chi connectivity index (χ0) is 14.7. The summed E-state index contributed by atoms with van der Waals surface area (Å²) >= 11 is 0. The van der Waals surface area contributed by atoms with Gasteiger partial charge in [-0.25, -0.2) is 4.39 Å². The Morgan fingerprint density at radius 2 is 2.15 bits per heavy atom. The van der Waals surface area contributed by atoms with E-state index in [1.54, 1.807) is 7.05 Å². The number of hydrogen-bond donors (Lipinski definition) is 1. The van der Waals surface area contributed by atoms with Crippen molar-refractivity contribution in [3.63, 3.8) is 0 Å². The number of halogens is 1. The van der Waals surface area contributed by atoms with Crippen molar-refractivity contribution in [1.82, 2.24) is 0 Å². The van der Waals surface area contributed by atoms with Crippen LogP contribution in [0.25, 0.3) is 0 Å². The highest BCUT2D eigenvalue weighted by atomic mass is 19.1. The molecule has 1 fully saturated rings. The zero-order valence-electron chi connectivity index (χ0n) is 11.6. The van der Waals surface area contributed by atoms with E-state index in [2.05, 4.69) is 0 Å². The largest absolute Gasteiger partial charge is 0.366 e. The van der Waals surface area contributed by atoms with Gasteiger partial charge in [0, 0.05) is 25.2 Å². The van der Waals surface area contributed by atoms with Crippen LogP contribution in [-0.2, 0) is 0 Å². The van der Waals surface area contributed by atoms with Gasteiger partial charge in [0.15, 0.2) is 0 Å². The van der Waals surface area contributed by atoms with Crippen molar-refractivity contribution in [2.24, 2.45) is 11.7 Å². The molecule has 0 aliphatic heterocycles. The molecule has 1 aromatic rings. The minimum Gasteiger partial charge on any atom is -0.366 e. The van der Waals surface area contributed by atoms with E-state index in [1.807, 2.05) is 4.90 Å². The van der Waals surface area contributed by atoms with Gasteiger partial charge < -0.3 is 10.6 Å². The van der Waals surface area contributed by atoms with Gasteiger partial charge in [-0.15, -0.1) is 0 Å². The van der Waals surface area contributed by atoms with Crippen LogP contribution < -0.4 is 10.6 Å². The normalized spacial score (nSPS) is 22.6. The molecule has 2 unspecified atom stereocenters. The number of benzene rings is 1. The maximum Gasteiger partial charge on any atom is 0.292 e. The van der Waals surface area contributed by atoms with E-state index >= 15 is 0 Å². The lowest BCUT2D eigenvalue weighted by atomic mass is 9.83. The molecule has 0 bridgehead atoms. The molecule has 0 saturated heterocycles. The van der Waals surface area contributed by atoms with Crippen molar-refractivity contribution in [2.75, 3.05) is 18.5 Å². The molecular weight excluding hydrogens is 261 g/mol. The van der Waals surface area contributed by atoms with E-state index in [1.165, 1.54) is 12.1 Å². The van der Waals surface area contributed by atoms with E-state index in [0.29, 0.717) is 18.2 Å². The number of nitrogens with two attached hydrogens (primary N) is 1. The predicted octanol–water partition coefficient (Wildman–Crippen LogP) is 2.69. The first-order valence-electron chi connectivity index (χ1n) is 6.91. The third-order valence-corrected chi connectivity index (χ3v) is 4.18. The van der Waals surface area contributed by atoms with Gasteiger partial charge in [-0.1, -0.05) is 12.8 Å². The first-order valence-corrected chi connectivity index (χ1v) is 6.91. The second kappa shape index (κ2) is 6.17. The Bertz CT molecular complexity index is 495. The summed E-state index contributed by atoms with van der Waals surface area (Å²) in [6.07, 6.45) is 4.17. The first-order chi connectivity index (χ1) is 9.54. The minimum atomic E-state index is -0.467. The fraction of sp³-hybridized carbons (Fsp3) is 0.571. The molecule has 1 saturated carbocycles. The Hall–Kier alpha value is -1.69. The van der Waals surface area contributed by atoms with Crippen LogP contribution in [0.5, 0.6) is 0 Å². The molecule has 6 heteroatoms. The van der Waals surface area contributed by atoms with E-state index in [0.717, 1.165) is 31.7 Å². The Labute approximate surface area is 117 Å². The molecule has 110 valence electrons.